The molecule has 0 saturated heterocycles. The number of nitrogens with one attached hydrogen (secondary N) is 2. The van der Waals surface area contributed by atoms with Crippen LogP contribution in [0, 0.1) is 3.95 Å². The van der Waals surface area contributed by atoms with Gasteiger partial charge in [-0.25, -0.2) is 4.79 Å². The van der Waals surface area contributed by atoms with E-state index in [2.05, 4.69) is 10.3 Å². The Kier molecular flexibility index (Phi) is 5.23. The number of nitrogens with zero attached hydrogens (tertiary/aromatic N) is 1. The van der Waals surface area contributed by atoms with Crippen LogP contribution >= 0.6 is 23.6 Å². The molecule has 0 spiro atoms. The van der Waals surface area contributed by atoms with Crippen molar-refractivity contribution in [1.29, 1.82) is 0 Å². The number of hydrogen-bond acceptors (Lipinski definition) is 6. The van der Waals surface area contributed by atoms with E-state index in [-0.39, 0.29) is 27.6 Å². The van der Waals surface area contributed by atoms with Gasteiger partial charge < -0.3 is 15.0 Å². The third-order valence-electron chi connectivity index (χ3n) is 4.80. The molecule has 7 nitrogen and oxygen atoms in total. The van der Waals surface area contributed by atoms with Crippen LogP contribution in [0.15, 0.2) is 47.3 Å². The molecule has 0 saturated carbocycles. The highest BCUT2D eigenvalue weighted by molar-refractivity contribution is 7.73. The third-order valence-corrected chi connectivity index (χ3v) is 6.17. The maximum atomic E-state index is 13.0. The number of carbonyl (C=O) groups excluding carboxylic acids is 2. The first kappa shape index (κ1) is 20.0. The quantitative estimate of drug-likeness (QED) is 0.368. The number of ether oxygens (including phenoxy) is 1. The van der Waals surface area contributed by atoms with Gasteiger partial charge in [0.25, 0.3) is 11.5 Å². The van der Waals surface area contributed by atoms with E-state index in [0.29, 0.717) is 20.5 Å². The summed E-state index contributed by atoms with van der Waals surface area (Å²) in [5, 5.41) is 3.26. The number of thiazole rings is 1. The monoisotopic (exact) mass is 439 g/mol. The maximum Gasteiger partial charge on any atom is 0.337 e. The molecule has 0 radical (unpaired) electrons. The average Bonchev–Trinajstić information content (AvgIpc) is 3.09. The topological polar surface area (TPSA) is 92.7 Å². The van der Waals surface area contributed by atoms with Gasteiger partial charge in [-0.15, -0.1) is 0 Å². The molecular formula is C21H17N3O4S2. The highest BCUT2D eigenvalue weighted by atomic mass is 32.1. The number of amides is 1. The lowest BCUT2D eigenvalue weighted by molar-refractivity contribution is 0.0600. The van der Waals surface area contributed by atoms with E-state index in [9.17, 15) is 14.4 Å². The van der Waals surface area contributed by atoms with Gasteiger partial charge in [0.1, 0.15) is 10.5 Å². The van der Waals surface area contributed by atoms with Crippen LogP contribution in [0.25, 0.3) is 16.6 Å². The summed E-state index contributed by atoms with van der Waals surface area (Å²) >= 11 is 6.57. The lowest BCUT2D eigenvalue weighted by Crippen LogP contribution is -2.16. The molecule has 2 N–H and O–H groups in total. The summed E-state index contributed by atoms with van der Waals surface area (Å²) in [4.78, 5) is 40.6. The number of H-pyrrole nitrogens is 1. The molecule has 0 fully saturated rings. The number of para-hydroxylation sites is 1. The fourth-order valence-electron chi connectivity index (χ4n) is 3.32. The predicted octanol–water partition coefficient (Wildman–Crippen LogP) is 4.17. The van der Waals surface area contributed by atoms with Gasteiger partial charge in [-0.05, 0) is 48.5 Å². The van der Waals surface area contributed by atoms with Crippen molar-refractivity contribution in [1.82, 2.24) is 9.38 Å². The van der Waals surface area contributed by atoms with Crippen molar-refractivity contribution in [2.45, 2.75) is 13.3 Å². The summed E-state index contributed by atoms with van der Waals surface area (Å²) in [6.07, 6.45) is 0.764. The van der Waals surface area contributed by atoms with Crippen LogP contribution in [0.1, 0.15) is 32.5 Å². The molecule has 0 atom stereocenters. The number of aromatic nitrogens is 2. The lowest BCUT2D eigenvalue weighted by atomic mass is 10.1. The van der Waals surface area contributed by atoms with Gasteiger partial charge in [-0.2, -0.15) is 0 Å². The Labute approximate surface area is 179 Å². The number of fused-ring (bicyclic) bond motifs is 3. The fourth-order valence-corrected chi connectivity index (χ4v) is 4.60. The zero-order valence-corrected chi connectivity index (χ0v) is 17.8. The van der Waals surface area contributed by atoms with E-state index < -0.39 is 5.97 Å². The first-order valence-corrected chi connectivity index (χ1v) is 10.4. The molecule has 9 heteroatoms. The van der Waals surface area contributed by atoms with Crippen LogP contribution < -0.4 is 10.9 Å². The second-order valence-electron chi connectivity index (χ2n) is 6.52. The lowest BCUT2D eigenvalue weighted by Gasteiger charge is -2.09. The Morgan fingerprint density at radius 3 is 2.73 bits per heavy atom. The number of carbonyl (C=O) groups is 2. The van der Waals surface area contributed by atoms with E-state index in [1.807, 2.05) is 31.2 Å². The Balaban J connectivity index is 1.90. The number of hydrogen-bond donors (Lipinski definition) is 2. The maximum absolute atomic E-state index is 13.0. The molecular weight excluding hydrogens is 422 g/mol. The van der Waals surface area contributed by atoms with Crippen molar-refractivity contribution in [3.63, 3.8) is 0 Å². The molecule has 30 heavy (non-hydrogen) atoms. The van der Waals surface area contributed by atoms with Crippen LogP contribution in [-0.4, -0.2) is 28.4 Å². The van der Waals surface area contributed by atoms with Crippen LogP contribution in [0.4, 0.5) is 5.69 Å². The summed E-state index contributed by atoms with van der Waals surface area (Å²) in [5.74, 6) is -0.894. The zero-order chi connectivity index (χ0) is 21.4. The first-order valence-electron chi connectivity index (χ1n) is 9.13. The predicted molar refractivity (Wildman–Crippen MR) is 119 cm³/mol. The summed E-state index contributed by atoms with van der Waals surface area (Å²) in [6, 6.07) is 12.1. The van der Waals surface area contributed by atoms with E-state index in [1.54, 1.807) is 10.5 Å². The van der Waals surface area contributed by atoms with Crippen LogP contribution in [0.5, 0.6) is 0 Å². The molecule has 2 heterocycles. The van der Waals surface area contributed by atoms with Crippen molar-refractivity contribution in [2.75, 3.05) is 12.4 Å². The van der Waals surface area contributed by atoms with Gasteiger partial charge in [-0.3, -0.25) is 14.0 Å². The normalized spacial score (nSPS) is 11.0. The molecule has 2 aromatic heterocycles. The van der Waals surface area contributed by atoms with Crippen molar-refractivity contribution in [2.24, 2.45) is 0 Å². The zero-order valence-electron chi connectivity index (χ0n) is 16.1. The molecule has 2 aromatic carbocycles. The molecule has 0 unspecified atom stereocenters. The number of anilines is 1. The van der Waals surface area contributed by atoms with E-state index in [1.165, 1.54) is 19.2 Å². The van der Waals surface area contributed by atoms with Crippen LogP contribution in [0.2, 0.25) is 0 Å². The smallest absolute Gasteiger partial charge is 0.337 e. The van der Waals surface area contributed by atoms with Crippen molar-refractivity contribution < 1.29 is 14.3 Å². The Bertz CT molecular complexity index is 1430. The van der Waals surface area contributed by atoms with Crippen LogP contribution in [-0.2, 0) is 11.2 Å². The standard InChI is InChI=1S/C21H17N3O4S2/c1-3-11-6-4-5-7-14(11)22-19(26)16-17-23-18(25)13-9-8-12(20(27)28-2)10-15(13)24(17)21(29)30-16/h4-10H,3H2,1-2H3,(H,22,26)(H,23,25). The van der Waals surface area contributed by atoms with Gasteiger partial charge in [-0.1, -0.05) is 36.5 Å². The average molecular weight is 440 g/mol. The first-order chi connectivity index (χ1) is 14.4. The summed E-state index contributed by atoms with van der Waals surface area (Å²) < 4.78 is 6.75. The molecule has 0 aliphatic carbocycles. The molecule has 0 aliphatic heterocycles. The number of benzene rings is 2. The molecule has 0 bridgehead atoms. The van der Waals surface area contributed by atoms with Crippen molar-refractivity contribution in [3.8, 4) is 0 Å². The summed E-state index contributed by atoms with van der Waals surface area (Å²) in [5.41, 5.74) is 2.34. The minimum absolute atomic E-state index is 0.285. The van der Waals surface area contributed by atoms with Gasteiger partial charge in [0.05, 0.1) is 23.6 Å². The number of esters is 1. The van der Waals surface area contributed by atoms with Gasteiger partial charge in [0.2, 0.25) is 0 Å². The highest BCUT2D eigenvalue weighted by Crippen LogP contribution is 2.25. The molecule has 0 aliphatic rings. The van der Waals surface area contributed by atoms with Gasteiger partial charge in [0.15, 0.2) is 3.95 Å². The highest BCUT2D eigenvalue weighted by Gasteiger charge is 2.19. The SMILES string of the molecule is CCc1ccccc1NC(=O)c1sc(=S)n2c1[nH]c(=O)c1ccc(C(=O)OC)cc12. The Morgan fingerprint density at radius 1 is 1.23 bits per heavy atom. The molecule has 152 valence electrons. The second kappa shape index (κ2) is 7.85. The van der Waals surface area contributed by atoms with E-state index in [4.69, 9.17) is 17.0 Å². The van der Waals surface area contributed by atoms with Gasteiger partial charge in [0, 0.05) is 5.69 Å². The number of aromatic amines is 1. The number of methoxy groups -OCH3 is 1. The molecule has 1 amide bonds. The molecule has 4 aromatic rings. The van der Waals surface area contributed by atoms with Gasteiger partial charge >= 0.3 is 5.97 Å². The summed E-state index contributed by atoms with van der Waals surface area (Å²) in [7, 11) is 1.28. The Morgan fingerprint density at radius 2 is 2.00 bits per heavy atom. The van der Waals surface area contributed by atoms with Crippen LogP contribution in [0.3, 0.4) is 0 Å². The van der Waals surface area contributed by atoms with E-state index >= 15 is 0 Å². The number of rotatable bonds is 4. The van der Waals surface area contributed by atoms with Crippen molar-refractivity contribution >= 4 is 57.7 Å². The fraction of sp³-hybridized carbons (Fsp3) is 0.143. The van der Waals surface area contributed by atoms with Crippen molar-refractivity contribution in [3.05, 3.63) is 72.8 Å². The summed E-state index contributed by atoms with van der Waals surface area (Å²) in [6.45, 7) is 2.01. The Hall–Kier alpha value is -3.30. The minimum Gasteiger partial charge on any atom is -0.465 e. The van der Waals surface area contributed by atoms with E-state index in [0.717, 1.165) is 23.3 Å². The molecule has 4 rings (SSSR count). The minimum atomic E-state index is -0.527. The largest absolute Gasteiger partial charge is 0.465 e. The number of aryl methyl sites for hydroxylation is 1. The third kappa shape index (κ3) is 3.31. The second-order valence-corrected chi connectivity index (χ2v) is 8.17.